The van der Waals surface area contributed by atoms with Crippen LogP contribution in [0.4, 0.5) is 4.39 Å². The molecule has 0 fully saturated rings. The van der Waals surface area contributed by atoms with E-state index in [0.29, 0.717) is 17.9 Å². The predicted molar refractivity (Wildman–Crippen MR) is 84.4 cm³/mol. The standard InChI is InChI=1S/C16H19FN4O3/c1-9(2)8-13(16(23)24)19-15(22)14-18-10(3)21(20-14)12-6-4-11(17)5-7-12/h4-7,9,13H,8H2,1-3H3,(H,19,22)(H,23,24)/t13-/m1/s1. The van der Waals surface area contributed by atoms with E-state index in [2.05, 4.69) is 15.4 Å². The van der Waals surface area contributed by atoms with Gasteiger partial charge in [0, 0.05) is 0 Å². The van der Waals surface area contributed by atoms with Gasteiger partial charge in [0.25, 0.3) is 5.91 Å². The van der Waals surface area contributed by atoms with E-state index in [1.165, 1.54) is 28.9 Å². The molecule has 1 aromatic carbocycles. The number of aryl methyl sites for hydroxylation is 1. The van der Waals surface area contributed by atoms with E-state index >= 15 is 0 Å². The summed E-state index contributed by atoms with van der Waals surface area (Å²) in [7, 11) is 0. The van der Waals surface area contributed by atoms with Crippen molar-refractivity contribution in [3.05, 3.63) is 41.7 Å². The molecule has 7 nitrogen and oxygen atoms in total. The number of amides is 1. The lowest BCUT2D eigenvalue weighted by molar-refractivity contribution is -0.139. The molecule has 0 aliphatic carbocycles. The molecule has 0 bridgehead atoms. The van der Waals surface area contributed by atoms with Crippen molar-refractivity contribution in [3.8, 4) is 5.69 Å². The van der Waals surface area contributed by atoms with Crippen molar-refractivity contribution in [2.45, 2.75) is 33.2 Å². The minimum Gasteiger partial charge on any atom is -0.480 e. The summed E-state index contributed by atoms with van der Waals surface area (Å²) in [6, 6.07) is 4.57. The molecule has 1 amide bonds. The zero-order chi connectivity index (χ0) is 17.9. The summed E-state index contributed by atoms with van der Waals surface area (Å²) >= 11 is 0. The van der Waals surface area contributed by atoms with Crippen molar-refractivity contribution in [2.75, 3.05) is 0 Å². The quantitative estimate of drug-likeness (QED) is 0.841. The maximum Gasteiger partial charge on any atom is 0.326 e. The first-order valence-electron chi connectivity index (χ1n) is 7.51. The molecule has 128 valence electrons. The number of nitrogens with one attached hydrogen (secondary N) is 1. The highest BCUT2D eigenvalue weighted by atomic mass is 19.1. The van der Waals surface area contributed by atoms with Crippen molar-refractivity contribution < 1.29 is 19.1 Å². The molecule has 2 aromatic rings. The average Bonchev–Trinajstić information content (AvgIpc) is 2.89. The first kappa shape index (κ1) is 17.6. The summed E-state index contributed by atoms with van der Waals surface area (Å²) in [6.07, 6.45) is 0.304. The van der Waals surface area contributed by atoms with E-state index in [1.807, 2.05) is 13.8 Å². The number of carboxylic acids is 1. The van der Waals surface area contributed by atoms with Crippen molar-refractivity contribution in [1.82, 2.24) is 20.1 Å². The first-order chi connectivity index (χ1) is 11.3. The van der Waals surface area contributed by atoms with E-state index < -0.39 is 17.9 Å². The van der Waals surface area contributed by atoms with Gasteiger partial charge in [-0.15, -0.1) is 5.10 Å². The molecule has 2 rings (SSSR count). The van der Waals surface area contributed by atoms with Gasteiger partial charge >= 0.3 is 5.97 Å². The fourth-order valence-electron chi connectivity index (χ4n) is 2.23. The summed E-state index contributed by atoms with van der Waals surface area (Å²) in [4.78, 5) is 27.5. The second-order valence-corrected chi connectivity index (χ2v) is 5.86. The van der Waals surface area contributed by atoms with Crippen molar-refractivity contribution >= 4 is 11.9 Å². The highest BCUT2D eigenvalue weighted by Crippen LogP contribution is 2.11. The highest BCUT2D eigenvalue weighted by molar-refractivity contribution is 5.93. The second kappa shape index (κ2) is 7.20. The Morgan fingerprint density at radius 3 is 2.46 bits per heavy atom. The number of benzene rings is 1. The third-order valence-electron chi connectivity index (χ3n) is 3.35. The van der Waals surface area contributed by atoms with Crippen LogP contribution in [0.25, 0.3) is 5.69 Å². The van der Waals surface area contributed by atoms with Crippen LogP contribution in [-0.2, 0) is 4.79 Å². The Labute approximate surface area is 138 Å². The predicted octanol–water partition coefficient (Wildman–Crippen LogP) is 1.94. The lowest BCUT2D eigenvalue weighted by atomic mass is 10.0. The van der Waals surface area contributed by atoms with Crippen LogP contribution in [0.3, 0.4) is 0 Å². The fourth-order valence-corrected chi connectivity index (χ4v) is 2.23. The molecule has 1 heterocycles. The molecule has 0 spiro atoms. The summed E-state index contributed by atoms with van der Waals surface area (Å²) in [6.45, 7) is 5.39. The normalized spacial score (nSPS) is 12.2. The third kappa shape index (κ3) is 4.15. The molecule has 24 heavy (non-hydrogen) atoms. The van der Waals surface area contributed by atoms with Gasteiger partial charge in [-0.3, -0.25) is 4.79 Å². The number of carbonyl (C=O) groups is 2. The Balaban J connectivity index is 2.20. The zero-order valence-corrected chi connectivity index (χ0v) is 13.7. The van der Waals surface area contributed by atoms with Crippen LogP contribution in [0, 0.1) is 18.7 Å². The van der Waals surface area contributed by atoms with Gasteiger partial charge in [-0.05, 0) is 43.5 Å². The van der Waals surface area contributed by atoms with E-state index in [0.717, 1.165) is 0 Å². The fraction of sp³-hybridized carbons (Fsp3) is 0.375. The summed E-state index contributed by atoms with van der Waals surface area (Å²) in [5.41, 5.74) is 0.553. The first-order valence-corrected chi connectivity index (χ1v) is 7.51. The monoisotopic (exact) mass is 334 g/mol. The van der Waals surface area contributed by atoms with E-state index in [-0.39, 0.29) is 17.6 Å². The number of halogens is 1. The van der Waals surface area contributed by atoms with E-state index in [9.17, 15) is 19.1 Å². The number of carboxylic acid groups (broad SMARTS) is 1. The van der Waals surface area contributed by atoms with Crippen LogP contribution in [0.15, 0.2) is 24.3 Å². The average molecular weight is 334 g/mol. The molecule has 1 atom stereocenters. The van der Waals surface area contributed by atoms with Gasteiger partial charge in [-0.2, -0.15) is 0 Å². The number of hydrogen-bond acceptors (Lipinski definition) is 4. The summed E-state index contributed by atoms with van der Waals surface area (Å²) in [5, 5.41) is 15.7. The highest BCUT2D eigenvalue weighted by Gasteiger charge is 2.24. The number of nitrogens with zero attached hydrogens (tertiary/aromatic N) is 3. The Bertz CT molecular complexity index is 740. The molecule has 8 heteroatoms. The molecule has 1 aromatic heterocycles. The minimum absolute atomic E-state index is 0.109. The maximum absolute atomic E-state index is 13.0. The van der Waals surface area contributed by atoms with Gasteiger partial charge in [-0.25, -0.2) is 18.9 Å². The number of hydrogen-bond donors (Lipinski definition) is 2. The zero-order valence-electron chi connectivity index (χ0n) is 13.7. The lowest BCUT2D eigenvalue weighted by Crippen LogP contribution is -2.42. The number of aliphatic carboxylic acids is 1. The topological polar surface area (TPSA) is 97.1 Å². The Morgan fingerprint density at radius 1 is 1.29 bits per heavy atom. The van der Waals surface area contributed by atoms with Crippen LogP contribution in [0.2, 0.25) is 0 Å². The van der Waals surface area contributed by atoms with Gasteiger partial charge in [0.1, 0.15) is 17.7 Å². The van der Waals surface area contributed by atoms with Crippen molar-refractivity contribution in [2.24, 2.45) is 5.92 Å². The van der Waals surface area contributed by atoms with E-state index in [4.69, 9.17) is 0 Å². The molecule has 0 aliphatic rings. The SMILES string of the molecule is Cc1nc(C(=O)N[C@H](CC(C)C)C(=O)O)nn1-c1ccc(F)cc1. The molecule has 2 N–H and O–H groups in total. The van der Waals surface area contributed by atoms with Crippen LogP contribution in [0.5, 0.6) is 0 Å². The molecule has 0 unspecified atom stereocenters. The van der Waals surface area contributed by atoms with Crippen LogP contribution in [-0.4, -0.2) is 37.8 Å². The van der Waals surface area contributed by atoms with Gasteiger partial charge in [0.05, 0.1) is 5.69 Å². The Kier molecular flexibility index (Phi) is 5.28. The summed E-state index contributed by atoms with van der Waals surface area (Å²) in [5.74, 6) is -1.74. The molecule has 0 radical (unpaired) electrons. The van der Waals surface area contributed by atoms with Gasteiger partial charge in [0.2, 0.25) is 5.82 Å². The largest absolute Gasteiger partial charge is 0.480 e. The lowest BCUT2D eigenvalue weighted by Gasteiger charge is -2.15. The molecular weight excluding hydrogens is 315 g/mol. The van der Waals surface area contributed by atoms with Gasteiger partial charge in [0.15, 0.2) is 0 Å². The van der Waals surface area contributed by atoms with Gasteiger partial charge in [-0.1, -0.05) is 13.8 Å². The molecule has 0 saturated carbocycles. The smallest absolute Gasteiger partial charge is 0.326 e. The molecule has 0 saturated heterocycles. The van der Waals surface area contributed by atoms with Crippen LogP contribution in [0.1, 0.15) is 36.7 Å². The number of aromatic nitrogens is 3. The van der Waals surface area contributed by atoms with Crippen LogP contribution < -0.4 is 5.32 Å². The van der Waals surface area contributed by atoms with Gasteiger partial charge < -0.3 is 10.4 Å². The maximum atomic E-state index is 13.0. The number of carbonyl (C=O) groups excluding carboxylic acids is 1. The summed E-state index contributed by atoms with van der Waals surface area (Å²) < 4.78 is 14.4. The number of rotatable bonds is 6. The molecular formula is C16H19FN4O3. The van der Waals surface area contributed by atoms with Crippen molar-refractivity contribution in [3.63, 3.8) is 0 Å². The third-order valence-corrected chi connectivity index (χ3v) is 3.35. The minimum atomic E-state index is -1.10. The van der Waals surface area contributed by atoms with E-state index in [1.54, 1.807) is 6.92 Å². The van der Waals surface area contributed by atoms with Crippen LogP contribution >= 0.6 is 0 Å². The molecule has 0 aliphatic heterocycles. The Hall–Kier alpha value is -2.77. The second-order valence-electron chi connectivity index (χ2n) is 5.86. The van der Waals surface area contributed by atoms with Crippen molar-refractivity contribution in [1.29, 1.82) is 0 Å². The Morgan fingerprint density at radius 2 is 1.92 bits per heavy atom.